The molecular weight excluding hydrogens is 406 g/mol. The van der Waals surface area contributed by atoms with E-state index in [-0.39, 0.29) is 11.7 Å². The molecule has 0 saturated carbocycles. The number of carbonyl (C=O) groups is 1. The summed E-state index contributed by atoms with van der Waals surface area (Å²) in [5.41, 5.74) is 2.51. The number of methoxy groups -OCH3 is 2. The number of carboxylic acids is 1. The molecule has 1 aliphatic heterocycles. The first-order chi connectivity index (χ1) is 12.9. The smallest absolute Gasteiger partial charge is 0.304 e. The summed E-state index contributed by atoms with van der Waals surface area (Å²) in [6.07, 6.45) is -0.0911. The molecule has 0 bridgehead atoms. The fraction of sp³-hybridized carbons (Fsp3) is 0.263. The van der Waals surface area contributed by atoms with E-state index in [1.54, 1.807) is 20.3 Å². The van der Waals surface area contributed by atoms with Gasteiger partial charge in [0.05, 0.1) is 41.7 Å². The zero-order valence-electron chi connectivity index (χ0n) is 14.7. The number of thioether (sulfide) groups is 1. The number of ether oxygens (including phenoxy) is 2. The van der Waals surface area contributed by atoms with Gasteiger partial charge >= 0.3 is 5.97 Å². The van der Waals surface area contributed by atoms with Crippen molar-refractivity contribution in [2.24, 2.45) is 0 Å². The van der Waals surface area contributed by atoms with Gasteiger partial charge in [-0.25, -0.2) is 0 Å². The lowest BCUT2D eigenvalue weighted by molar-refractivity contribution is -0.136. The van der Waals surface area contributed by atoms with Gasteiger partial charge < -0.3 is 19.9 Å². The molecule has 0 aromatic heterocycles. The van der Waals surface area contributed by atoms with Crippen LogP contribution in [0.1, 0.15) is 22.8 Å². The van der Waals surface area contributed by atoms with Crippen LogP contribution in [-0.2, 0) is 4.79 Å². The highest BCUT2D eigenvalue weighted by Gasteiger charge is 2.34. The van der Waals surface area contributed by atoms with Crippen LogP contribution in [0.15, 0.2) is 36.4 Å². The number of aliphatic carboxylic acids is 1. The van der Waals surface area contributed by atoms with E-state index in [1.807, 2.05) is 30.3 Å². The lowest BCUT2D eigenvalue weighted by Crippen LogP contribution is -2.24. The van der Waals surface area contributed by atoms with Gasteiger partial charge in [0, 0.05) is 10.7 Å². The Hall–Kier alpha value is -1.96. The Morgan fingerprint density at radius 1 is 1.26 bits per heavy atom. The van der Waals surface area contributed by atoms with Gasteiger partial charge in [-0.3, -0.25) is 4.79 Å². The standard InChI is InChI=1S/C19H18ClNO4S2/c1-24-13-4-3-5-14(25-2)17(13)18-11-8-10(20)6-7-12(11)21-19(26)15(27-18)9-16(22)23/h3-8,15,18H,9H2,1-2H3,(H,21,26)(H,22,23)/t15-,18+/m0/s1. The number of halogens is 1. The SMILES string of the molecule is COc1cccc(OC)c1[C@@H]1S[C@@H](CC(=O)O)C(=S)Nc2ccc(Cl)cc21. The van der Waals surface area contributed by atoms with Gasteiger partial charge in [0.2, 0.25) is 0 Å². The molecule has 8 heteroatoms. The lowest BCUT2D eigenvalue weighted by atomic mass is 10.0. The van der Waals surface area contributed by atoms with Crippen molar-refractivity contribution < 1.29 is 19.4 Å². The van der Waals surface area contributed by atoms with Crippen molar-refractivity contribution in [3.63, 3.8) is 0 Å². The van der Waals surface area contributed by atoms with Crippen LogP contribution in [0.4, 0.5) is 5.69 Å². The predicted octanol–water partition coefficient (Wildman–Crippen LogP) is 4.78. The number of anilines is 1. The number of benzene rings is 2. The molecule has 5 nitrogen and oxygen atoms in total. The highest BCUT2D eigenvalue weighted by molar-refractivity contribution is 8.02. The molecule has 0 amide bonds. The van der Waals surface area contributed by atoms with Crippen molar-refractivity contribution in [2.45, 2.75) is 16.9 Å². The fourth-order valence-electron chi connectivity index (χ4n) is 3.04. The van der Waals surface area contributed by atoms with Crippen molar-refractivity contribution >= 4 is 52.2 Å². The van der Waals surface area contributed by atoms with E-state index in [4.69, 9.17) is 33.3 Å². The maximum absolute atomic E-state index is 11.4. The molecule has 0 saturated heterocycles. The fourth-order valence-corrected chi connectivity index (χ4v) is 5.04. The topological polar surface area (TPSA) is 67.8 Å². The molecule has 2 N–H and O–H groups in total. The summed E-state index contributed by atoms with van der Waals surface area (Å²) in [6, 6.07) is 11.0. The average Bonchev–Trinajstić information content (AvgIpc) is 2.77. The van der Waals surface area contributed by atoms with Crippen molar-refractivity contribution in [2.75, 3.05) is 19.5 Å². The lowest BCUT2D eigenvalue weighted by Gasteiger charge is -2.24. The predicted molar refractivity (Wildman–Crippen MR) is 113 cm³/mol. The number of hydrogen-bond acceptors (Lipinski definition) is 5. The molecule has 1 heterocycles. The van der Waals surface area contributed by atoms with E-state index in [0.29, 0.717) is 21.5 Å². The van der Waals surface area contributed by atoms with Crippen molar-refractivity contribution in [1.82, 2.24) is 0 Å². The molecule has 0 radical (unpaired) electrons. The van der Waals surface area contributed by atoms with E-state index >= 15 is 0 Å². The van der Waals surface area contributed by atoms with Crippen molar-refractivity contribution in [1.29, 1.82) is 0 Å². The van der Waals surface area contributed by atoms with E-state index in [0.717, 1.165) is 16.8 Å². The summed E-state index contributed by atoms with van der Waals surface area (Å²) in [4.78, 5) is 11.8. The van der Waals surface area contributed by atoms with E-state index in [1.165, 1.54) is 11.8 Å². The molecule has 0 aliphatic carbocycles. The minimum Gasteiger partial charge on any atom is -0.496 e. The van der Waals surface area contributed by atoms with Crippen LogP contribution in [0.2, 0.25) is 5.02 Å². The van der Waals surface area contributed by atoms with Gasteiger partial charge in [0.15, 0.2) is 0 Å². The molecule has 2 aromatic carbocycles. The maximum atomic E-state index is 11.4. The first kappa shape index (κ1) is 19.8. The summed E-state index contributed by atoms with van der Waals surface area (Å²) >= 11 is 13.2. The Bertz CT molecular complexity index is 868. The summed E-state index contributed by atoms with van der Waals surface area (Å²) in [5.74, 6) is 0.394. The second-order valence-corrected chi connectivity index (χ2v) is 8.09. The maximum Gasteiger partial charge on any atom is 0.304 e. The monoisotopic (exact) mass is 423 g/mol. The van der Waals surface area contributed by atoms with Crippen LogP contribution in [0, 0.1) is 0 Å². The van der Waals surface area contributed by atoms with E-state index < -0.39 is 11.2 Å². The molecule has 2 aromatic rings. The zero-order valence-corrected chi connectivity index (χ0v) is 17.1. The van der Waals surface area contributed by atoms with E-state index in [9.17, 15) is 9.90 Å². The minimum absolute atomic E-state index is 0.0911. The van der Waals surface area contributed by atoms with Gasteiger partial charge in [-0.2, -0.15) is 0 Å². The van der Waals surface area contributed by atoms with E-state index in [2.05, 4.69) is 5.32 Å². The molecule has 142 valence electrons. The van der Waals surface area contributed by atoms with Gasteiger partial charge in [0.1, 0.15) is 11.5 Å². The zero-order chi connectivity index (χ0) is 19.6. The van der Waals surface area contributed by atoms with Gasteiger partial charge in [0.25, 0.3) is 0 Å². The average molecular weight is 424 g/mol. The molecule has 3 rings (SSSR count). The normalized spacial score (nSPS) is 18.9. The molecule has 0 unspecified atom stereocenters. The first-order valence-electron chi connectivity index (χ1n) is 8.13. The third-order valence-electron chi connectivity index (χ3n) is 4.23. The number of carboxylic acid groups (broad SMARTS) is 1. The number of nitrogens with one attached hydrogen (secondary N) is 1. The Kier molecular flexibility index (Phi) is 6.14. The van der Waals surface area contributed by atoms with Crippen LogP contribution in [0.25, 0.3) is 0 Å². The minimum atomic E-state index is -0.911. The summed E-state index contributed by atoms with van der Waals surface area (Å²) < 4.78 is 11.1. The molecule has 2 atom stereocenters. The van der Waals surface area contributed by atoms with Crippen LogP contribution in [0.3, 0.4) is 0 Å². The van der Waals surface area contributed by atoms with Crippen molar-refractivity contribution in [3.05, 3.63) is 52.5 Å². The van der Waals surface area contributed by atoms with Gasteiger partial charge in [-0.15, -0.1) is 11.8 Å². The van der Waals surface area contributed by atoms with Crippen LogP contribution in [0.5, 0.6) is 11.5 Å². The van der Waals surface area contributed by atoms with Crippen molar-refractivity contribution in [3.8, 4) is 11.5 Å². The Labute approximate surface area is 172 Å². The second-order valence-electron chi connectivity index (χ2n) is 5.90. The Morgan fingerprint density at radius 2 is 1.93 bits per heavy atom. The van der Waals surface area contributed by atoms with Gasteiger partial charge in [-0.1, -0.05) is 29.9 Å². The van der Waals surface area contributed by atoms with Crippen LogP contribution in [-0.4, -0.2) is 35.5 Å². The quantitative estimate of drug-likeness (QED) is 0.671. The summed E-state index contributed by atoms with van der Waals surface area (Å²) in [5, 5.41) is 12.4. The number of fused-ring (bicyclic) bond motifs is 1. The highest BCUT2D eigenvalue weighted by atomic mass is 35.5. The summed E-state index contributed by atoms with van der Waals surface area (Å²) in [7, 11) is 3.19. The highest BCUT2D eigenvalue weighted by Crippen LogP contribution is 2.51. The number of hydrogen-bond donors (Lipinski definition) is 2. The number of thiocarbonyl (C=S) groups is 1. The number of rotatable bonds is 5. The summed E-state index contributed by atoms with van der Waals surface area (Å²) in [6.45, 7) is 0. The molecular formula is C19H18ClNO4S2. The molecule has 0 fully saturated rings. The van der Waals surface area contributed by atoms with Crippen LogP contribution < -0.4 is 14.8 Å². The third kappa shape index (κ3) is 4.15. The Morgan fingerprint density at radius 3 is 2.52 bits per heavy atom. The first-order valence-corrected chi connectivity index (χ1v) is 9.86. The largest absolute Gasteiger partial charge is 0.496 e. The third-order valence-corrected chi connectivity index (χ3v) is 6.50. The molecule has 27 heavy (non-hydrogen) atoms. The van der Waals surface area contributed by atoms with Gasteiger partial charge in [-0.05, 0) is 35.9 Å². The van der Waals surface area contributed by atoms with Crippen LogP contribution >= 0.6 is 35.6 Å². The Balaban J connectivity index is 2.21. The molecule has 0 spiro atoms. The second kappa shape index (κ2) is 8.37. The molecule has 1 aliphatic rings.